The van der Waals surface area contributed by atoms with Gasteiger partial charge in [-0.15, -0.1) is 11.8 Å². The Kier molecular flexibility index (Phi) is 5.05. The number of hydrogen-bond donors (Lipinski definition) is 2. The lowest BCUT2D eigenvalue weighted by atomic mass is 10.1. The lowest BCUT2D eigenvalue weighted by Gasteiger charge is -2.12. The minimum absolute atomic E-state index is 0.0274. The van der Waals surface area contributed by atoms with Crippen molar-refractivity contribution < 1.29 is 22.0 Å². The average Bonchev–Trinajstić information content (AvgIpc) is 2.60. The molecule has 9 heteroatoms. The van der Waals surface area contributed by atoms with Gasteiger partial charge >= 0.3 is 6.18 Å². The molecule has 27 heavy (non-hydrogen) atoms. The Morgan fingerprint density at radius 3 is 2.52 bits per heavy atom. The summed E-state index contributed by atoms with van der Waals surface area (Å²) in [7, 11) is 0. The molecule has 140 valence electrons. The first-order valence-corrected chi connectivity index (χ1v) is 8.54. The van der Waals surface area contributed by atoms with E-state index >= 15 is 0 Å². The summed E-state index contributed by atoms with van der Waals surface area (Å²) in [4.78, 5) is 14.6. The molecule has 3 rings (SSSR count). The van der Waals surface area contributed by atoms with Crippen LogP contribution in [0.1, 0.15) is 16.7 Å². The Labute approximate surface area is 153 Å². The van der Waals surface area contributed by atoms with Crippen molar-refractivity contribution in [2.24, 2.45) is 0 Å². The Morgan fingerprint density at radius 1 is 1.11 bits per heavy atom. The number of halogens is 5. The predicted octanol–water partition coefficient (Wildman–Crippen LogP) is 5.12. The van der Waals surface area contributed by atoms with Crippen LogP contribution in [0.15, 0.2) is 46.2 Å². The monoisotopic (exact) mass is 398 g/mol. The molecule has 0 fully saturated rings. The number of H-pyrrole nitrogens is 1. The summed E-state index contributed by atoms with van der Waals surface area (Å²) in [5, 5.41) is 8.12. The Bertz CT molecular complexity index is 1090. The smallest absolute Gasteiger partial charge is 0.316 e. The van der Waals surface area contributed by atoms with Crippen LogP contribution < -0.4 is 5.56 Å². The molecule has 3 nitrogen and oxygen atoms in total. The van der Waals surface area contributed by atoms with Crippen LogP contribution >= 0.6 is 11.8 Å². The van der Waals surface area contributed by atoms with Crippen molar-refractivity contribution in [1.29, 1.82) is 5.41 Å². The fourth-order valence-electron chi connectivity index (χ4n) is 2.62. The summed E-state index contributed by atoms with van der Waals surface area (Å²) >= 11 is 0.874. The van der Waals surface area contributed by atoms with Crippen LogP contribution in [0.25, 0.3) is 10.8 Å². The first-order valence-electron chi connectivity index (χ1n) is 7.55. The second kappa shape index (κ2) is 7.15. The van der Waals surface area contributed by atoms with Crippen LogP contribution in [-0.2, 0) is 11.9 Å². The van der Waals surface area contributed by atoms with Gasteiger partial charge in [0.1, 0.15) is 11.6 Å². The number of nitrogens with one attached hydrogen (secondary N) is 2. The largest absolute Gasteiger partial charge is 0.419 e. The van der Waals surface area contributed by atoms with Gasteiger partial charge in [-0.25, -0.2) is 8.78 Å². The molecule has 0 spiro atoms. The minimum atomic E-state index is -4.82. The SMILES string of the molecule is N=Cc1c(=O)[nH]c(SCc2cccc(C(F)(F)F)c2F)c2cc(F)ccc12. The zero-order chi connectivity index (χ0) is 19.8. The molecule has 1 heterocycles. The van der Waals surface area contributed by atoms with Crippen molar-refractivity contribution in [3.05, 3.63) is 75.1 Å². The molecule has 1 aromatic heterocycles. The number of fused-ring (bicyclic) bond motifs is 1. The summed E-state index contributed by atoms with van der Waals surface area (Å²) in [5.41, 5.74) is -2.14. The van der Waals surface area contributed by atoms with E-state index in [0.717, 1.165) is 36.2 Å². The van der Waals surface area contributed by atoms with Crippen LogP contribution in [0.4, 0.5) is 22.0 Å². The molecule has 0 radical (unpaired) electrons. The molecule has 3 aromatic rings. The maximum Gasteiger partial charge on any atom is 0.419 e. The van der Waals surface area contributed by atoms with Gasteiger partial charge in [0.25, 0.3) is 5.56 Å². The van der Waals surface area contributed by atoms with Crippen molar-refractivity contribution in [3.8, 4) is 0 Å². The number of thioether (sulfide) groups is 1. The molecular formula is C18H11F5N2OS. The van der Waals surface area contributed by atoms with Gasteiger partial charge in [0.15, 0.2) is 0 Å². The fourth-order valence-corrected chi connectivity index (χ4v) is 3.63. The molecule has 2 aromatic carbocycles. The maximum atomic E-state index is 14.2. The van der Waals surface area contributed by atoms with Crippen LogP contribution in [0.3, 0.4) is 0 Å². The Balaban J connectivity index is 2.03. The van der Waals surface area contributed by atoms with E-state index in [2.05, 4.69) is 4.98 Å². The highest BCUT2D eigenvalue weighted by molar-refractivity contribution is 7.98. The summed E-state index contributed by atoms with van der Waals surface area (Å²) in [6.07, 6.45) is -3.99. The molecule has 0 aliphatic rings. The minimum Gasteiger partial charge on any atom is -0.316 e. The Morgan fingerprint density at radius 2 is 1.85 bits per heavy atom. The van der Waals surface area contributed by atoms with E-state index in [9.17, 15) is 26.7 Å². The molecule has 0 atom stereocenters. The van der Waals surface area contributed by atoms with Gasteiger partial charge in [0.05, 0.1) is 16.2 Å². The van der Waals surface area contributed by atoms with Crippen molar-refractivity contribution in [2.75, 3.05) is 0 Å². The highest BCUT2D eigenvalue weighted by atomic mass is 32.2. The molecular weight excluding hydrogens is 387 g/mol. The second-order valence-corrected chi connectivity index (χ2v) is 6.58. The van der Waals surface area contributed by atoms with Crippen LogP contribution in [0, 0.1) is 17.0 Å². The molecule has 0 bridgehead atoms. The van der Waals surface area contributed by atoms with E-state index in [-0.39, 0.29) is 27.3 Å². The van der Waals surface area contributed by atoms with E-state index in [1.54, 1.807) is 0 Å². The average molecular weight is 398 g/mol. The third-order valence-corrected chi connectivity index (χ3v) is 4.95. The van der Waals surface area contributed by atoms with Crippen molar-refractivity contribution in [2.45, 2.75) is 17.0 Å². The molecule has 0 unspecified atom stereocenters. The van der Waals surface area contributed by atoms with Crippen molar-refractivity contribution >= 4 is 28.7 Å². The van der Waals surface area contributed by atoms with E-state index in [1.807, 2.05) is 0 Å². The van der Waals surface area contributed by atoms with Gasteiger partial charge in [-0.2, -0.15) is 13.2 Å². The topological polar surface area (TPSA) is 56.7 Å². The fraction of sp³-hybridized carbons (Fsp3) is 0.111. The summed E-state index contributed by atoms with van der Waals surface area (Å²) in [6, 6.07) is 6.58. The molecule has 0 aliphatic carbocycles. The molecule has 0 aliphatic heterocycles. The van der Waals surface area contributed by atoms with E-state index in [4.69, 9.17) is 5.41 Å². The number of rotatable bonds is 4. The highest BCUT2D eigenvalue weighted by Crippen LogP contribution is 2.35. The predicted molar refractivity (Wildman–Crippen MR) is 93.4 cm³/mol. The number of pyridine rings is 1. The van der Waals surface area contributed by atoms with E-state index < -0.39 is 28.9 Å². The number of hydrogen-bond acceptors (Lipinski definition) is 3. The van der Waals surface area contributed by atoms with Gasteiger partial charge in [0, 0.05) is 17.4 Å². The van der Waals surface area contributed by atoms with Gasteiger partial charge in [-0.1, -0.05) is 18.2 Å². The summed E-state index contributed by atoms with van der Waals surface area (Å²) in [5.74, 6) is -2.18. The van der Waals surface area contributed by atoms with Gasteiger partial charge in [-0.05, 0) is 29.1 Å². The zero-order valence-corrected chi connectivity index (χ0v) is 14.3. The number of aromatic nitrogens is 1. The summed E-state index contributed by atoms with van der Waals surface area (Å²) in [6.45, 7) is 0. The molecule has 0 saturated heterocycles. The first kappa shape index (κ1) is 19.1. The number of benzene rings is 2. The van der Waals surface area contributed by atoms with Gasteiger partial charge < -0.3 is 10.4 Å². The quantitative estimate of drug-likeness (QED) is 0.364. The third kappa shape index (κ3) is 3.73. The molecule has 0 saturated carbocycles. The maximum absolute atomic E-state index is 14.2. The van der Waals surface area contributed by atoms with Crippen molar-refractivity contribution in [1.82, 2.24) is 4.98 Å². The zero-order valence-electron chi connectivity index (χ0n) is 13.5. The second-order valence-electron chi connectivity index (χ2n) is 5.60. The van der Waals surface area contributed by atoms with E-state index in [0.29, 0.717) is 11.5 Å². The van der Waals surface area contributed by atoms with Gasteiger partial charge in [0.2, 0.25) is 0 Å². The normalized spacial score (nSPS) is 11.7. The number of aromatic amines is 1. The van der Waals surface area contributed by atoms with Crippen molar-refractivity contribution in [3.63, 3.8) is 0 Å². The molecule has 2 N–H and O–H groups in total. The third-order valence-electron chi connectivity index (χ3n) is 3.89. The van der Waals surface area contributed by atoms with Crippen LogP contribution in [0.5, 0.6) is 0 Å². The lowest BCUT2D eigenvalue weighted by Crippen LogP contribution is -2.14. The van der Waals surface area contributed by atoms with E-state index in [1.165, 1.54) is 12.1 Å². The first-order chi connectivity index (χ1) is 12.7. The Hall–Kier alpha value is -2.68. The molecule has 0 amide bonds. The van der Waals surface area contributed by atoms with Crippen LogP contribution in [0.2, 0.25) is 0 Å². The summed E-state index contributed by atoms with van der Waals surface area (Å²) < 4.78 is 66.2. The highest BCUT2D eigenvalue weighted by Gasteiger charge is 2.34. The lowest BCUT2D eigenvalue weighted by molar-refractivity contribution is -0.140. The standard InChI is InChI=1S/C18H11F5N2OS/c19-10-4-5-11-12(6-10)17(25-16(26)13(11)7-24)27-8-9-2-1-3-14(15(9)20)18(21,22)23/h1-7,24H,8H2,(H,25,26). The van der Waals surface area contributed by atoms with Crippen LogP contribution in [-0.4, -0.2) is 11.2 Å². The van der Waals surface area contributed by atoms with Gasteiger partial charge in [-0.3, -0.25) is 4.79 Å². The number of alkyl halides is 3.